The Morgan fingerprint density at radius 2 is 0.587 bits per heavy atom. The molecule has 0 unspecified atom stereocenters. The Morgan fingerprint density at radius 3 is 0.968 bits per heavy atom. The molecule has 0 rings (SSSR count). The van der Waals surface area contributed by atoms with Crippen LogP contribution in [-0.4, -0.2) is 37.2 Å². The van der Waals surface area contributed by atoms with Crippen LogP contribution in [0.5, 0.6) is 0 Å². The molecule has 0 aromatic rings. The van der Waals surface area contributed by atoms with E-state index in [1.165, 1.54) is 116 Å². The molecule has 0 bridgehead atoms. The first kappa shape index (κ1) is 60.1. The Labute approximate surface area is 390 Å². The van der Waals surface area contributed by atoms with Crippen LogP contribution in [0.25, 0.3) is 0 Å². The first-order valence-electron chi connectivity index (χ1n) is 26.8. The zero-order chi connectivity index (χ0) is 45.8. The van der Waals surface area contributed by atoms with Crippen LogP contribution in [0.4, 0.5) is 0 Å². The molecule has 0 heterocycles. The fourth-order valence-electron chi connectivity index (χ4n) is 7.41. The van der Waals surface area contributed by atoms with Crippen molar-refractivity contribution >= 4 is 17.9 Å². The molecule has 0 saturated heterocycles. The average Bonchev–Trinajstić information content (AvgIpc) is 3.28. The smallest absolute Gasteiger partial charge is 0.306 e. The SMILES string of the molecule is CCCC/C=C\C/C=C\CCCCCCCC(=O)O[C@@H](COC(=O)CCCCCC/C=C\C/C=C\C/C=C\CCCCC)COC(=O)CCCCCCCCCCCCCCCC. The largest absolute Gasteiger partial charge is 0.462 e. The second-order valence-corrected chi connectivity index (χ2v) is 17.8. The number of ether oxygens (including phenoxy) is 3. The van der Waals surface area contributed by atoms with E-state index >= 15 is 0 Å². The highest BCUT2D eigenvalue weighted by Gasteiger charge is 2.19. The van der Waals surface area contributed by atoms with E-state index < -0.39 is 6.10 Å². The van der Waals surface area contributed by atoms with Crippen LogP contribution in [0.3, 0.4) is 0 Å². The maximum atomic E-state index is 12.8. The third-order valence-electron chi connectivity index (χ3n) is 11.5. The van der Waals surface area contributed by atoms with E-state index in [4.69, 9.17) is 14.2 Å². The number of esters is 3. The van der Waals surface area contributed by atoms with Crippen molar-refractivity contribution in [3.8, 4) is 0 Å². The van der Waals surface area contributed by atoms with Gasteiger partial charge < -0.3 is 14.2 Å². The maximum Gasteiger partial charge on any atom is 0.306 e. The number of hydrogen-bond acceptors (Lipinski definition) is 6. The van der Waals surface area contributed by atoms with Gasteiger partial charge in [0.2, 0.25) is 0 Å². The molecular formula is C57H100O6. The summed E-state index contributed by atoms with van der Waals surface area (Å²) in [4.78, 5) is 38.0. The summed E-state index contributed by atoms with van der Waals surface area (Å²) in [5.41, 5.74) is 0. The van der Waals surface area contributed by atoms with Crippen molar-refractivity contribution in [2.24, 2.45) is 0 Å². The molecule has 0 aromatic carbocycles. The van der Waals surface area contributed by atoms with E-state index in [9.17, 15) is 14.4 Å². The Bertz CT molecular complexity index is 1150. The van der Waals surface area contributed by atoms with Gasteiger partial charge in [0, 0.05) is 19.3 Å². The monoisotopic (exact) mass is 881 g/mol. The highest BCUT2D eigenvalue weighted by Crippen LogP contribution is 2.15. The van der Waals surface area contributed by atoms with Gasteiger partial charge in [0.05, 0.1) is 0 Å². The number of carbonyl (C=O) groups excluding carboxylic acids is 3. The van der Waals surface area contributed by atoms with E-state index in [1.807, 2.05) is 0 Å². The molecule has 1 atom stereocenters. The molecule has 0 spiro atoms. The number of unbranched alkanes of at least 4 members (excludes halogenated alkanes) is 27. The van der Waals surface area contributed by atoms with Crippen molar-refractivity contribution in [1.82, 2.24) is 0 Å². The summed E-state index contributed by atoms with van der Waals surface area (Å²) >= 11 is 0. The number of hydrogen-bond donors (Lipinski definition) is 0. The van der Waals surface area contributed by atoms with Crippen molar-refractivity contribution in [2.75, 3.05) is 13.2 Å². The van der Waals surface area contributed by atoms with Crippen LogP contribution in [-0.2, 0) is 28.6 Å². The van der Waals surface area contributed by atoms with Gasteiger partial charge in [-0.15, -0.1) is 0 Å². The highest BCUT2D eigenvalue weighted by atomic mass is 16.6. The van der Waals surface area contributed by atoms with Gasteiger partial charge in [-0.25, -0.2) is 0 Å². The molecule has 6 nitrogen and oxygen atoms in total. The van der Waals surface area contributed by atoms with Gasteiger partial charge in [-0.05, 0) is 83.5 Å². The molecule has 63 heavy (non-hydrogen) atoms. The predicted octanol–water partition coefficient (Wildman–Crippen LogP) is 17.6. The minimum Gasteiger partial charge on any atom is -0.462 e. The van der Waals surface area contributed by atoms with E-state index in [-0.39, 0.29) is 31.1 Å². The molecule has 0 aliphatic heterocycles. The summed E-state index contributed by atoms with van der Waals surface area (Å²) in [6.45, 7) is 6.55. The minimum atomic E-state index is -0.788. The molecule has 0 fully saturated rings. The lowest BCUT2D eigenvalue weighted by atomic mass is 10.0. The fourth-order valence-corrected chi connectivity index (χ4v) is 7.41. The zero-order valence-corrected chi connectivity index (χ0v) is 41.6. The molecule has 0 amide bonds. The zero-order valence-electron chi connectivity index (χ0n) is 41.6. The summed E-state index contributed by atoms with van der Waals surface area (Å²) in [6, 6.07) is 0. The van der Waals surface area contributed by atoms with Crippen LogP contribution in [0.1, 0.15) is 265 Å². The third-order valence-corrected chi connectivity index (χ3v) is 11.5. The molecular weight excluding hydrogens is 781 g/mol. The van der Waals surface area contributed by atoms with E-state index in [0.29, 0.717) is 19.3 Å². The van der Waals surface area contributed by atoms with Gasteiger partial charge in [-0.2, -0.15) is 0 Å². The Balaban J connectivity index is 4.42. The van der Waals surface area contributed by atoms with Crippen molar-refractivity contribution in [3.63, 3.8) is 0 Å². The maximum absolute atomic E-state index is 12.8. The Morgan fingerprint density at radius 1 is 0.317 bits per heavy atom. The number of rotatable bonds is 48. The number of carbonyl (C=O) groups is 3. The predicted molar refractivity (Wildman–Crippen MR) is 270 cm³/mol. The van der Waals surface area contributed by atoms with Gasteiger partial charge >= 0.3 is 17.9 Å². The molecule has 0 aliphatic rings. The normalized spacial score (nSPS) is 12.5. The van der Waals surface area contributed by atoms with E-state index in [1.54, 1.807) is 0 Å². The molecule has 0 aromatic heterocycles. The van der Waals surface area contributed by atoms with Gasteiger partial charge in [0.15, 0.2) is 6.10 Å². The Hall–Kier alpha value is -2.89. The first-order valence-corrected chi connectivity index (χ1v) is 26.8. The summed E-state index contributed by atoms with van der Waals surface area (Å²) in [7, 11) is 0. The molecule has 0 saturated carbocycles. The van der Waals surface area contributed by atoms with E-state index in [0.717, 1.165) is 109 Å². The lowest BCUT2D eigenvalue weighted by Crippen LogP contribution is -2.30. The fraction of sp³-hybridized carbons (Fsp3) is 0.772. The number of allylic oxidation sites excluding steroid dienone is 10. The van der Waals surface area contributed by atoms with Crippen molar-refractivity contribution < 1.29 is 28.6 Å². The second kappa shape index (κ2) is 51.7. The quantitative estimate of drug-likeness (QED) is 0.0262. The minimum absolute atomic E-state index is 0.0853. The van der Waals surface area contributed by atoms with Crippen LogP contribution in [0.15, 0.2) is 60.8 Å². The first-order chi connectivity index (χ1) is 31.0. The summed E-state index contributed by atoms with van der Waals surface area (Å²) in [5.74, 6) is -0.915. The third kappa shape index (κ3) is 50.0. The van der Waals surface area contributed by atoms with Crippen LogP contribution >= 0.6 is 0 Å². The van der Waals surface area contributed by atoms with Crippen LogP contribution < -0.4 is 0 Å². The van der Waals surface area contributed by atoms with Crippen molar-refractivity contribution in [3.05, 3.63) is 60.8 Å². The molecule has 0 N–H and O–H groups in total. The second-order valence-electron chi connectivity index (χ2n) is 17.8. The lowest BCUT2D eigenvalue weighted by Gasteiger charge is -2.18. The molecule has 0 aliphatic carbocycles. The summed E-state index contributed by atoms with van der Waals surface area (Å²) in [5, 5.41) is 0. The van der Waals surface area contributed by atoms with Crippen molar-refractivity contribution in [2.45, 2.75) is 271 Å². The van der Waals surface area contributed by atoms with Gasteiger partial charge in [-0.3, -0.25) is 14.4 Å². The average molecular weight is 881 g/mol. The van der Waals surface area contributed by atoms with Gasteiger partial charge in [-0.1, -0.05) is 223 Å². The van der Waals surface area contributed by atoms with Crippen LogP contribution in [0, 0.1) is 0 Å². The van der Waals surface area contributed by atoms with Gasteiger partial charge in [0.25, 0.3) is 0 Å². The molecule has 364 valence electrons. The van der Waals surface area contributed by atoms with Crippen molar-refractivity contribution in [1.29, 1.82) is 0 Å². The topological polar surface area (TPSA) is 78.9 Å². The lowest BCUT2D eigenvalue weighted by molar-refractivity contribution is -0.167. The molecule has 6 heteroatoms. The molecule has 0 radical (unpaired) electrons. The van der Waals surface area contributed by atoms with E-state index in [2.05, 4.69) is 81.5 Å². The summed E-state index contributed by atoms with van der Waals surface area (Å²) in [6.07, 6.45) is 63.4. The summed E-state index contributed by atoms with van der Waals surface area (Å²) < 4.78 is 16.8. The highest BCUT2D eigenvalue weighted by molar-refractivity contribution is 5.71. The standard InChI is InChI=1S/C57H100O6/c1-4-7-10-13-16-19-22-25-28-29-30-33-35-38-41-44-47-50-56(59)62-53-54(63-57(60)51-48-45-42-39-36-32-27-24-21-18-15-12-9-6-3)52-61-55(58)49-46-43-40-37-34-31-26-23-20-17-14-11-8-5-2/h15-16,18-19,24-25,27-28,30,33,54H,4-14,17,20-23,26,29,31-32,34-53H2,1-3H3/b18-15-,19-16-,27-24-,28-25-,33-30-/t54-/m1/s1. The van der Waals surface area contributed by atoms with Gasteiger partial charge in [0.1, 0.15) is 13.2 Å². The van der Waals surface area contributed by atoms with Crippen LogP contribution in [0.2, 0.25) is 0 Å². The Kier molecular flexibility index (Phi) is 49.4.